The number of carbonyl (C=O) groups is 1. The number of hydrogen-bond acceptors (Lipinski definition) is 3. The van der Waals surface area contributed by atoms with E-state index in [4.69, 9.17) is 9.47 Å². The van der Waals surface area contributed by atoms with Crippen LogP contribution in [0.5, 0.6) is 11.5 Å². The monoisotopic (exact) mass is 368 g/mol. The number of para-hydroxylation sites is 1. The molecule has 0 saturated carbocycles. The summed E-state index contributed by atoms with van der Waals surface area (Å²) in [5, 5.41) is 0. The Balaban J connectivity index is 1.68. The number of rotatable bonds is 1. The van der Waals surface area contributed by atoms with Crippen LogP contribution in [0.4, 0.5) is 0 Å². The van der Waals surface area contributed by atoms with E-state index in [1.165, 1.54) is 0 Å². The van der Waals surface area contributed by atoms with E-state index >= 15 is 0 Å². The van der Waals surface area contributed by atoms with Gasteiger partial charge in [0.15, 0.2) is 5.78 Å². The fraction of sp³-hybridized carbons (Fsp3) is 0.105. The Kier molecular flexibility index (Phi) is 3.54. The fourth-order valence-corrected chi connectivity index (χ4v) is 3.11. The van der Waals surface area contributed by atoms with Gasteiger partial charge in [0.2, 0.25) is 0 Å². The molecule has 0 N–H and O–H groups in total. The standard InChI is InChI=1S/C19H13BrO3/c20-15-5-6-18-16(9-15)19(21)14(11-23-18)8-12-7-13-3-1-2-4-17(13)22-10-12/h1-9H,10-11H2/b14-8-. The molecule has 0 spiro atoms. The molecule has 2 aromatic carbocycles. The van der Waals surface area contributed by atoms with E-state index in [0.717, 1.165) is 21.4 Å². The highest BCUT2D eigenvalue weighted by atomic mass is 79.9. The maximum absolute atomic E-state index is 12.7. The molecule has 23 heavy (non-hydrogen) atoms. The van der Waals surface area contributed by atoms with Crippen molar-refractivity contribution in [2.24, 2.45) is 0 Å². The number of fused-ring (bicyclic) bond motifs is 2. The van der Waals surface area contributed by atoms with Gasteiger partial charge in [-0.15, -0.1) is 0 Å². The molecule has 0 amide bonds. The molecule has 2 aliphatic rings. The van der Waals surface area contributed by atoms with Gasteiger partial charge in [-0.2, -0.15) is 0 Å². The smallest absolute Gasteiger partial charge is 0.196 e. The highest BCUT2D eigenvalue weighted by Gasteiger charge is 2.24. The molecule has 0 aromatic heterocycles. The number of benzene rings is 2. The van der Waals surface area contributed by atoms with E-state index in [2.05, 4.69) is 22.0 Å². The highest BCUT2D eigenvalue weighted by Crippen LogP contribution is 2.31. The molecule has 0 fully saturated rings. The molecule has 4 heteroatoms. The lowest BCUT2D eigenvalue weighted by molar-refractivity contribution is 0.0999. The number of halogens is 1. The van der Waals surface area contributed by atoms with Gasteiger partial charge in [-0.05, 0) is 42.0 Å². The van der Waals surface area contributed by atoms with Crippen molar-refractivity contribution < 1.29 is 14.3 Å². The molecule has 0 unspecified atom stereocenters. The van der Waals surface area contributed by atoms with E-state index in [1.807, 2.05) is 42.5 Å². The molecule has 0 atom stereocenters. The maximum atomic E-state index is 12.7. The van der Waals surface area contributed by atoms with Crippen LogP contribution in [0.2, 0.25) is 0 Å². The van der Waals surface area contributed by atoms with E-state index in [9.17, 15) is 4.79 Å². The largest absolute Gasteiger partial charge is 0.488 e. The zero-order valence-electron chi connectivity index (χ0n) is 12.2. The summed E-state index contributed by atoms with van der Waals surface area (Å²) in [6, 6.07) is 13.3. The van der Waals surface area contributed by atoms with Gasteiger partial charge in [0, 0.05) is 15.6 Å². The second-order valence-corrected chi connectivity index (χ2v) is 6.39. The zero-order chi connectivity index (χ0) is 15.8. The normalized spacial score (nSPS) is 17.7. The van der Waals surface area contributed by atoms with Crippen LogP contribution in [0.15, 0.2) is 64.2 Å². The van der Waals surface area contributed by atoms with E-state index < -0.39 is 0 Å². The summed E-state index contributed by atoms with van der Waals surface area (Å²) in [6.07, 6.45) is 3.93. The number of carbonyl (C=O) groups excluding carboxylic acids is 1. The first-order valence-electron chi connectivity index (χ1n) is 7.31. The van der Waals surface area contributed by atoms with E-state index in [0.29, 0.717) is 23.5 Å². The second-order valence-electron chi connectivity index (χ2n) is 5.47. The lowest BCUT2D eigenvalue weighted by atomic mass is 9.97. The molecule has 114 valence electrons. The van der Waals surface area contributed by atoms with Gasteiger partial charge in [0.05, 0.1) is 5.56 Å². The molecule has 3 nitrogen and oxygen atoms in total. The molecule has 2 heterocycles. The minimum atomic E-state index is 0.00677. The Labute approximate surface area is 142 Å². The second kappa shape index (κ2) is 5.70. The molecule has 0 saturated heterocycles. The van der Waals surface area contributed by atoms with Crippen LogP contribution >= 0.6 is 15.9 Å². The van der Waals surface area contributed by atoms with Gasteiger partial charge in [-0.25, -0.2) is 0 Å². The lowest BCUT2D eigenvalue weighted by Gasteiger charge is -2.20. The zero-order valence-corrected chi connectivity index (χ0v) is 13.8. The van der Waals surface area contributed by atoms with Crippen LogP contribution in [0.1, 0.15) is 15.9 Å². The summed E-state index contributed by atoms with van der Waals surface area (Å²) in [4.78, 5) is 12.7. The van der Waals surface area contributed by atoms with Crippen molar-refractivity contribution >= 4 is 27.8 Å². The molecule has 4 rings (SSSR count). The van der Waals surface area contributed by atoms with E-state index in [1.54, 1.807) is 6.07 Å². The molecular formula is C19H13BrO3. The Morgan fingerprint density at radius 1 is 1.00 bits per heavy atom. The third-order valence-corrected chi connectivity index (χ3v) is 4.37. The van der Waals surface area contributed by atoms with Gasteiger partial charge in [-0.3, -0.25) is 4.79 Å². The highest BCUT2D eigenvalue weighted by molar-refractivity contribution is 9.10. The Bertz CT molecular complexity index is 865. The number of hydrogen-bond donors (Lipinski definition) is 0. The minimum Gasteiger partial charge on any atom is -0.488 e. The summed E-state index contributed by atoms with van der Waals surface area (Å²) in [6.45, 7) is 0.742. The first-order chi connectivity index (χ1) is 11.2. The van der Waals surface area contributed by atoms with Gasteiger partial charge in [0.1, 0.15) is 24.7 Å². The first kappa shape index (κ1) is 14.3. The Morgan fingerprint density at radius 3 is 2.74 bits per heavy atom. The van der Waals surface area contributed by atoms with Crippen LogP contribution in [0.25, 0.3) is 6.08 Å². The Hall–Kier alpha value is -2.33. The Morgan fingerprint density at radius 2 is 1.83 bits per heavy atom. The molecule has 0 radical (unpaired) electrons. The van der Waals surface area contributed by atoms with Crippen molar-refractivity contribution in [1.82, 2.24) is 0 Å². The summed E-state index contributed by atoms with van der Waals surface area (Å²) >= 11 is 3.40. The number of ketones is 1. The molecule has 2 aliphatic heterocycles. The van der Waals surface area contributed by atoms with Crippen molar-refractivity contribution in [2.45, 2.75) is 0 Å². The summed E-state index contributed by atoms with van der Waals surface area (Å²) in [5.74, 6) is 1.51. The average Bonchev–Trinajstić information content (AvgIpc) is 2.58. The predicted octanol–water partition coefficient (Wildman–Crippen LogP) is 4.43. The fourth-order valence-electron chi connectivity index (χ4n) is 2.75. The summed E-state index contributed by atoms with van der Waals surface area (Å²) in [5.41, 5.74) is 3.23. The average molecular weight is 369 g/mol. The van der Waals surface area contributed by atoms with Crippen LogP contribution in [-0.2, 0) is 0 Å². The van der Waals surface area contributed by atoms with Crippen molar-refractivity contribution in [3.05, 3.63) is 75.3 Å². The van der Waals surface area contributed by atoms with E-state index in [-0.39, 0.29) is 12.4 Å². The molecule has 0 aliphatic carbocycles. The van der Waals surface area contributed by atoms with Gasteiger partial charge in [0.25, 0.3) is 0 Å². The minimum absolute atomic E-state index is 0.00677. The third kappa shape index (κ3) is 2.70. The van der Waals surface area contributed by atoms with Crippen molar-refractivity contribution in [1.29, 1.82) is 0 Å². The lowest BCUT2D eigenvalue weighted by Crippen LogP contribution is -2.20. The molecule has 2 aromatic rings. The molecular weight excluding hydrogens is 356 g/mol. The first-order valence-corrected chi connectivity index (χ1v) is 8.10. The summed E-state index contributed by atoms with van der Waals surface area (Å²) in [7, 11) is 0. The summed E-state index contributed by atoms with van der Waals surface area (Å²) < 4.78 is 12.3. The number of Topliss-reactive ketones (excluding diaryl/α,β-unsaturated/α-hetero) is 1. The van der Waals surface area contributed by atoms with Crippen molar-refractivity contribution in [3.8, 4) is 11.5 Å². The third-order valence-electron chi connectivity index (χ3n) is 3.87. The quantitative estimate of drug-likeness (QED) is 0.698. The van der Waals surface area contributed by atoms with Gasteiger partial charge >= 0.3 is 0 Å². The van der Waals surface area contributed by atoms with Crippen molar-refractivity contribution in [3.63, 3.8) is 0 Å². The predicted molar refractivity (Wildman–Crippen MR) is 92.0 cm³/mol. The maximum Gasteiger partial charge on any atom is 0.196 e. The van der Waals surface area contributed by atoms with Crippen LogP contribution in [-0.4, -0.2) is 19.0 Å². The van der Waals surface area contributed by atoms with Crippen LogP contribution in [0, 0.1) is 0 Å². The van der Waals surface area contributed by atoms with Crippen LogP contribution in [0.3, 0.4) is 0 Å². The topological polar surface area (TPSA) is 35.5 Å². The van der Waals surface area contributed by atoms with Crippen LogP contribution < -0.4 is 9.47 Å². The number of ether oxygens (including phenoxy) is 2. The van der Waals surface area contributed by atoms with Crippen molar-refractivity contribution in [2.75, 3.05) is 13.2 Å². The SMILES string of the molecule is O=C1/C(=C\C2=Cc3ccccc3OC2)COc2ccc(Br)cc21. The van der Waals surface area contributed by atoms with Gasteiger partial charge < -0.3 is 9.47 Å². The molecule has 0 bridgehead atoms. The van der Waals surface area contributed by atoms with Gasteiger partial charge in [-0.1, -0.05) is 34.1 Å².